The van der Waals surface area contributed by atoms with Gasteiger partial charge in [0.15, 0.2) is 5.65 Å². The molecule has 19 heavy (non-hydrogen) atoms. The van der Waals surface area contributed by atoms with Crippen molar-refractivity contribution in [3.05, 3.63) is 28.1 Å². The van der Waals surface area contributed by atoms with Crippen LogP contribution in [0.1, 0.15) is 43.5 Å². The molecule has 2 heterocycles. The molecule has 2 aromatic rings. The first kappa shape index (κ1) is 13.1. The lowest BCUT2D eigenvalue weighted by atomic mass is 9.86. The Morgan fingerprint density at radius 1 is 1.32 bits per heavy atom. The maximum Gasteiger partial charge on any atom is 0.169 e. The smallest absolute Gasteiger partial charge is 0.169 e. The van der Waals surface area contributed by atoms with Crippen molar-refractivity contribution in [1.82, 2.24) is 14.6 Å². The molecule has 0 aliphatic heterocycles. The maximum absolute atomic E-state index is 5.76. The van der Waals surface area contributed by atoms with Gasteiger partial charge in [0.2, 0.25) is 0 Å². The van der Waals surface area contributed by atoms with Crippen molar-refractivity contribution in [2.75, 3.05) is 0 Å². The number of halogens is 1. The molecule has 102 valence electrons. The van der Waals surface area contributed by atoms with E-state index in [1.807, 2.05) is 10.6 Å². The molecule has 1 aliphatic rings. The van der Waals surface area contributed by atoms with Gasteiger partial charge in [0.1, 0.15) is 0 Å². The molecule has 1 aliphatic carbocycles. The Morgan fingerprint density at radius 2 is 2.11 bits per heavy atom. The van der Waals surface area contributed by atoms with Crippen molar-refractivity contribution in [2.24, 2.45) is 11.7 Å². The van der Waals surface area contributed by atoms with Crippen LogP contribution in [0, 0.1) is 5.92 Å². The maximum atomic E-state index is 5.76. The molecule has 3 rings (SSSR count). The van der Waals surface area contributed by atoms with Gasteiger partial charge in [-0.3, -0.25) is 0 Å². The number of rotatable bonds is 3. The Bertz CT molecular complexity index is 572. The van der Waals surface area contributed by atoms with Gasteiger partial charge in [0.25, 0.3) is 0 Å². The summed E-state index contributed by atoms with van der Waals surface area (Å²) in [4.78, 5) is 4.40. The molecule has 0 amide bonds. The fraction of sp³-hybridized carbons (Fsp3) is 0.571. The number of nitrogens with zero attached hydrogens (tertiary/aromatic N) is 3. The Kier molecular flexibility index (Phi) is 3.84. The summed E-state index contributed by atoms with van der Waals surface area (Å²) in [7, 11) is 0. The lowest BCUT2D eigenvalue weighted by Gasteiger charge is -2.20. The van der Waals surface area contributed by atoms with Crippen LogP contribution < -0.4 is 5.73 Å². The third-order valence-corrected chi connectivity index (χ3v) is 4.84. The van der Waals surface area contributed by atoms with Crippen LogP contribution in [-0.4, -0.2) is 14.6 Å². The Balaban J connectivity index is 1.93. The van der Waals surface area contributed by atoms with Crippen LogP contribution in [-0.2, 0) is 13.0 Å². The molecule has 0 bridgehead atoms. The van der Waals surface area contributed by atoms with Gasteiger partial charge >= 0.3 is 0 Å². The second-order valence-electron chi connectivity index (χ2n) is 5.34. The molecule has 4 nitrogen and oxygen atoms in total. The van der Waals surface area contributed by atoms with E-state index in [9.17, 15) is 0 Å². The van der Waals surface area contributed by atoms with E-state index in [2.05, 4.69) is 20.9 Å². The van der Waals surface area contributed by atoms with E-state index < -0.39 is 0 Å². The molecular weight excluding hydrogens is 304 g/mol. The first-order valence-corrected chi connectivity index (χ1v) is 7.80. The summed E-state index contributed by atoms with van der Waals surface area (Å²) in [6, 6.07) is 1.93. The zero-order valence-electron chi connectivity index (χ0n) is 11.0. The van der Waals surface area contributed by atoms with E-state index in [-0.39, 0.29) is 0 Å². The monoisotopic (exact) mass is 322 g/mol. The SMILES string of the molecule is NCc1ccnc2c(Br)c(CC3CCCCC3)nn12. The van der Waals surface area contributed by atoms with Crippen LogP contribution >= 0.6 is 15.9 Å². The van der Waals surface area contributed by atoms with E-state index >= 15 is 0 Å². The quantitative estimate of drug-likeness (QED) is 0.944. The highest BCUT2D eigenvalue weighted by molar-refractivity contribution is 9.10. The molecule has 0 atom stereocenters. The van der Waals surface area contributed by atoms with Crippen LogP contribution in [0.2, 0.25) is 0 Å². The summed E-state index contributed by atoms with van der Waals surface area (Å²) in [5.74, 6) is 0.774. The lowest BCUT2D eigenvalue weighted by molar-refractivity contribution is 0.353. The third-order valence-electron chi connectivity index (χ3n) is 4.02. The predicted octanol–water partition coefficient (Wildman–Crippen LogP) is 3.07. The molecule has 2 aromatic heterocycles. The second kappa shape index (κ2) is 5.59. The molecule has 2 N–H and O–H groups in total. The minimum Gasteiger partial charge on any atom is -0.325 e. The zero-order valence-corrected chi connectivity index (χ0v) is 12.6. The molecule has 5 heteroatoms. The van der Waals surface area contributed by atoms with Crippen molar-refractivity contribution in [1.29, 1.82) is 0 Å². The zero-order chi connectivity index (χ0) is 13.2. The molecule has 0 saturated heterocycles. The Hall–Kier alpha value is -0.940. The summed E-state index contributed by atoms with van der Waals surface area (Å²) >= 11 is 3.66. The standard InChI is InChI=1S/C14H19BrN4/c15-13-12(8-10-4-2-1-3-5-10)18-19-11(9-16)6-7-17-14(13)19/h6-7,10H,1-5,8-9,16H2. The average Bonchev–Trinajstić information content (AvgIpc) is 2.77. The fourth-order valence-electron chi connectivity index (χ4n) is 2.96. The number of hydrogen-bond donors (Lipinski definition) is 1. The van der Waals surface area contributed by atoms with Gasteiger partial charge in [0, 0.05) is 12.7 Å². The van der Waals surface area contributed by atoms with Crippen LogP contribution in [0.4, 0.5) is 0 Å². The van der Waals surface area contributed by atoms with Crippen molar-refractivity contribution < 1.29 is 0 Å². The summed E-state index contributed by atoms with van der Waals surface area (Å²) in [6.07, 6.45) is 9.63. The summed E-state index contributed by atoms with van der Waals surface area (Å²) in [5, 5.41) is 4.70. The highest BCUT2D eigenvalue weighted by Gasteiger charge is 2.19. The summed E-state index contributed by atoms with van der Waals surface area (Å²) < 4.78 is 2.91. The van der Waals surface area contributed by atoms with E-state index in [0.717, 1.165) is 33.8 Å². The van der Waals surface area contributed by atoms with E-state index in [1.54, 1.807) is 6.20 Å². The van der Waals surface area contributed by atoms with E-state index in [4.69, 9.17) is 10.8 Å². The minimum absolute atomic E-state index is 0.482. The third kappa shape index (κ3) is 2.54. The minimum atomic E-state index is 0.482. The topological polar surface area (TPSA) is 56.2 Å². The van der Waals surface area contributed by atoms with Gasteiger partial charge in [0.05, 0.1) is 15.9 Å². The normalized spacial score (nSPS) is 17.2. The van der Waals surface area contributed by atoms with E-state index in [1.165, 1.54) is 32.1 Å². The summed E-state index contributed by atoms with van der Waals surface area (Å²) in [6.45, 7) is 0.482. The molecular formula is C14H19BrN4. The van der Waals surface area contributed by atoms with Crippen LogP contribution in [0.15, 0.2) is 16.7 Å². The Morgan fingerprint density at radius 3 is 2.84 bits per heavy atom. The number of hydrogen-bond acceptors (Lipinski definition) is 3. The summed E-state index contributed by atoms with van der Waals surface area (Å²) in [5.41, 5.74) is 8.76. The van der Waals surface area contributed by atoms with Gasteiger partial charge in [-0.05, 0) is 34.3 Å². The van der Waals surface area contributed by atoms with Crippen LogP contribution in [0.5, 0.6) is 0 Å². The number of aromatic nitrogens is 3. The highest BCUT2D eigenvalue weighted by Crippen LogP contribution is 2.30. The van der Waals surface area contributed by atoms with Crippen LogP contribution in [0.3, 0.4) is 0 Å². The average molecular weight is 323 g/mol. The number of nitrogens with two attached hydrogens (primary N) is 1. The fourth-order valence-corrected chi connectivity index (χ4v) is 3.47. The molecule has 1 fully saturated rings. The second-order valence-corrected chi connectivity index (χ2v) is 6.14. The molecule has 0 aromatic carbocycles. The predicted molar refractivity (Wildman–Crippen MR) is 78.9 cm³/mol. The first-order valence-electron chi connectivity index (χ1n) is 7.00. The largest absolute Gasteiger partial charge is 0.325 e. The van der Waals surface area contributed by atoms with Gasteiger partial charge in [-0.15, -0.1) is 0 Å². The highest BCUT2D eigenvalue weighted by atomic mass is 79.9. The number of fused-ring (bicyclic) bond motifs is 1. The van der Waals surface area contributed by atoms with Crippen molar-refractivity contribution in [3.8, 4) is 0 Å². The molecule has 1 saturated carbocycles. The van der Waals surface area contributed by atoms with E-state index in [0.29, 0.717) is 6.54 Å². The van der Waals surface area contributed by atoms with Crippen LogP contribution in [0.25, 0.3) is 5.65 Å². The lowest BCUT2D eigenvalue weighted by Crippen LogP contribution is -2.10. The van der Waals surface area contributed by atoms with Gasteiger partial charge in [-0.25, -0.2) is 9.50 Å². The van der Waals surface area contributed by atoms with Crippen molar-refractivity contribution in [2.45, 2.75) is 45.1 Å². The molecule has 0 spiro atoms. The van der Waals surface area contributed by atoms with Gasteiger partial charge < -0.3 is 5.73 Å². The van der Waals surface area contributed by atoms with Gasteiger partial charge in [-0.1, -0.05) is 32.1 Å². The van der Waals surface area contributed by atoms with Crippen molar-refractivity contribution >= 4 is 21.6 Å². The molecule has 0 unspecified atom stereocenters. The van der Waals surface area contributed by atoms with Crippen molar-refractivity contribution in [3.63, 3.8) is 0 Å². The first-order chi connectivity index (χ1) is 9.29. The van der Waals surface area contributed by atoms with Gasteiger partial charge in [-0.2, -0.15) is 5.10 Å². The Labute approximate surface area is 121 Å². The molecule has 0 radical (unpaired) electrons.